The van der Waals surface area contributed by atoms with Gasteiger partial charge in [-0.25, -0.2) is 0 Å². The molecule has 566 valence electrons. The molecule has 0 radical (unpaired) electrons. The zero-order chi connectivity index (χ0) is 73.6. The van der Waals surface area contributed by atoms with Gasteiger partial charge in [0, 0.05) is 52.6 Å². The van der Waals surface area contributed by atoms with Gasteiger partial charge in [-0.2, -0.15) is 5.06 Å². The van der Waals surface area contributed by atoms with Gasteiger partial charge in [0.05, 0.1) is 6.61 Å². The first kappa shape index (κ1) is 112. The largest absolute Gasteiger partial charge is 0.381 e. The minimum atomic E-state index is 0.593. The summed E-state index contributed by atoms with van der Waals surface area (Å²) in [7, 11) is 6.39. The van der Waals surface area contributed by atoms with Crippen molar-refractivity contribution in [3.05, 3.63) is 0 Å². The van der Waals surface area contributed by atoms with Crippen LogP contribution in [-0.4, -0.2) is 101 Å². The van der Waals surface area contributed by atoms with E-state index in [-0.39, 0.29) is 0 Å². The second-order valence-corrected chi connectivity index (χ2v) is 27.3. The molecule has 0 amide bonds. The average molecular weight is 1310 g/mol. The number of hydroxylamine groups is 2. The highest BCUT2D eigenvalue weighted by molar-refractivity contribution is 4.78. The summed E-state index contributed by atoms with van der Waals surface area (Å²) in [5.41, 5.74) is 0. The topological polar surface area (TPSA) is 37.4 Å². The Labute approximate surface area is 585 Å². The number of likely N-dealkylation sites (tertiary alicyclic amines) is 2. The zero-order valence-electron chi connectivity index (χ0n) is 72.3. The van der Waals surface area contributed by atoms with Crippen molar-refractivity contribution in [3.63, 3.8) is 0 Å². The Morgan fingerprint density at radius 2 is 0.484 bits per heavy atom. The Morgan fingerprint density at radius 3 is 0.604 bits per heavy atom. The average Bonchev–Trinajstić information content (AvgIpc) is 4.33. The van der Waals surface area contributed by atoms with Crippen LogP contribution in [0.15, 0.2) is 0 Å². The lowest BCUT2D eigenvalue weighted by atomic mass is 9.82. The van der Waals surface area contributed by atoms with Gasteiger partial charge in [-0.15, -0.1) is 0 Å². The molecule has 0 unspecified atom stereocenters. The lowest BCUT2D eigenvalue weighted by Crippen LogP contribution is -2.30. The summed E-state index contributed by atoms with van der Waals surface area (Å²) >= 11 is 0. The molecule has 0 aromatic carbocycles. The Hall–Kier alpha value is -0.240. The Bertz CT molecular complexity index is 1050. The molecule has 0 bridgehead atoms. The lowest BCUT2D eigenvalue weighted by molar-refractivity contribution is -0.106. The molecule has 0 aromatic heterocycles. The SMILES string of the molecule is CC.CC.CC.CC.CC.CC.CC.CC.CC.CC.C[C@@H]1CCCC[C@@H]1C.C[C@@H]1CCCN(C)C1.C[C@@H]1CCC[C@H]1C.C[C@@H]1CON(C)[C@H]1C.C[C@@H]1C[C@H]1C.C[C@H]1CCCN(C)C1.C[C@H]1CCC[C@@H]1C.C[C@H]1CCOC[C@@H]1C.C[C@H]1COC[C@@H]1C.C[C@H]1C[C@@H]1C. The summed E-state index contributed by atoms with van der Waals surface area (Å²) in [6.45, 7) is 91.5. The van der Waals surface area contributed by atoms with E-state index < -0.39 is 0 Å². The number of hydrogen-bond acceptors (Lipinski definition) is 6. The molecule has 5 heterocycles. The number of piperidine rings is 2. The van der Waals surface area contributed by atoms with Crippen molar-refractivity contribution >= 4 is 0 Å². The second kappa shape index (κ2) is 84.0. The summed E-state index contributed by atoms with van der Waals surface area (Å²) in [5.74, 6) is 16.1. The van der Waals surface area contributed by atoms with E-state index in [2.05, 4.69) is 149 Å². The third-order valence-electron chi connectivity index (χ3n) is 19.6. The van der Waals surface area contributed by atoms with E-state index in [1.54, 1.807) is 0 Å². The van der Waals surface area contributed by atoms with Gasteiger partial charge in [-0.3, -0.25) is 4.84 Å². The summed E-state index contributed by atoms with van der Waals surface area (Å²) in [6, 6.07) is 0.593. The van der Waals surface area contributed by atoms with Crippen LogP contribution >= 0.6 is 0 Å². The molecular formula is C85H193N3O3. The van der Waals surface area contributed by atoms with Gasteiger partial charge in [0.1, 0.15) is 0 Å². The molecule has 10 aliphatic rings. The minimum absolute atomic E-state index is 0.593. The van der Waals surface area contributed by atoms with Crippen LogP contribution in [0, 0.1) is 101 Å². The van der Waals surface area contributed by atoms with Crippen LogP contribution in [0.3, 0.4) is 0 Å². The van der Waals surface area contributed by atoms with Gasteiger partial charge < -0.3 is 19.3 Å². The third-order valence-corrected chi connectivity index (χ3v) is 19.6. The molecule has 6 nitrogen and oxygen atoms in total. The summed E-state index contributed by atoms with van der Waals surface area (Å²) in [4.78, 5) is 10.0. The maximum atomic E-state index is 5.25. The monoisotopic (exact) mass is 1300 g/mol. The summed E-state index contributed by atoms with van der Waals surface area (Å²) in [6.07, 6.45) is 24.6. The van der Waals surface area contributed by atoms with E-state index in [0.717, 1.165) is 128 Å². The standard InChI is InChI=1S/C8H16.2C7H15N.C7H14O.2C7H14.C6H13NO.C6H12O.2C5H10.10C2H6/c1-7-5-3-4-6-8(7)2;2*1-7-4-3-5-8(2)6-7;1-6-3-4-8-5-7(6)2;2*1-6-4-3-5-7(6)2;1-5-4-8-7(3)6(5)2;1-5-3-7-4-6(5)2;2*1-4-3-5(4)2;10*1-2/h7-8H,3-6H2,1-2H3;2*7H,3-6H2,1-2H3;6-7H,3-5H2,1-2H3;2*6-7H,3-5H2,1-2H3;5-6H,4H2,1-3H3;5-6H,3-4H2,1-2H3;2*4-5H,3H2,1-2H3;10*1-2H3/t7-,8+;2*7-;3*6-,7-;5-,6+;5-,6-;2*4-,5-;;;;;;;;;;/m.100101010........../s1. The van der Waals surface area contributed by atoms with Crippen LogP contribution in [0.1, 0.15) is 372 Å². The quantitative estimate of drug-likeness (QED) is 0.241. The summed E-state index contributed by atoms with van der Waals surface area (Å²) < 4.78 is 10.4. The van der Waals surface area contributed by atoms with Crippen molar-refractivity contribution in [1.29, 1.82) is 0 Å². The van der Waals surface area contributed by atoms with E-state index in [0.29, 0.717) is 12.0 Å². The van der Waals surface area contributed by atoms with E-state index in [4.69, 9.17) is 14.3 Å². The van der Waals surface area contributed by atoms with E-state index >= 15 is 0 Å². The third kappa shape index (κ3) is 73.8. The van der Waals surface area contributed by atoms with Crippen molar-refractivity contribution in [2.45, 2.75) is 378 Å². The molecule has 6 heteroatoms. The molecule has 5 saturated heterocycles. The van der Waals surface area contributed by atoms with Crippen LogP contribution in [0.25, 0.3) is 0 Å². The first-order chi connectivity index (χ1) is 43.4. The molecule has 10 fully saturated rings. The minimum Gasteiger partial charge on any atom is -0.381 e. The Balaban J connectivity index is -0.0000000973. The maximum Gasteiger partial charge on any atom is 0.0726 e. The number of rotatable bonds is 0. The van der Waals surface area contributed by atoms with Crippen molar-refractivity contribution in [3.8, 4) is 0 Å². The van der Waals surface area contributed by atoms with Gasteiger partial charge in [0.25, 0.3) is 0 Å². The Morgan fingerprint density at radius 1 is 0.242 bits per heavy atom. The highest BCUT2D eigenvalue weighted by Gasteiger charge is 2.27. The van der Waals surface area contributed by atoms with Gasteiger partial charge in [-0.1, -0.05) is 320 Å². The van der Waals surface area contributed by atoms with Gasteiger partial charge >= 0.3 is 0 Å². The van der Waals surface area contributed by atoms with Gasteiger partial charge in [-0.05, 0) is 180 Å². The molecule has 5 aliphatic carbocycles. The maximum absolute atomic E-state index is 5.25. The highest BCUT2D eigenvalue weighted by atomic mass is 16.7. The van der Waals surface area contributed by atoms with Crippen molar-refractivity contribution in [2.75, 3.05) is 80.4 Å². The van der Waals surface area contributed by atoms with Crippen molar-refractivity contribution in [1.82, 2.24) is 14.9 Å². The molecule has 10 rings (SSSR count). The molecular weight excluding hydrogens is 1110 g/mol. The molecule has 0 aromatic rings. The number of hydrogen-bond donors (Lipinski definition) is 0. The van der Waals surface area contributed by atoms with E-state index in [1.807, 2.05) is 151 Å². The van der Waals surface area contributed by atoms with Crippen molar-refractivity contribution < 1.29 is 14.3 Å². The van der Waals surface area contributed by atoms with Crippen molar-refractivity contribution in [2.24, 2.45) is 101 Å². The second-order valence-electron chi connectivity index (χ2n) is 27.3. The molecule has 91 heavy (non-hydrogen) atoms. The van der Waals surface area contributed by atoms with Gasteiger partial charge in [0.15, 0.2) is 0 Å². The van der Waals surface area contributed by atoms with E-state index in [1.165, 1.54) is 135 Å². The van der Waals surface area contributed by atoms with Crippen LogP contribution in [0.4, 0.5) is 0 Å². The highest BCUT2D eigenvalue weighted by Crippen LogP contribution is 2.37. The Kier molecular flexibility index (Phi) is 103. The molecule has 0 spiro atoms. The van der Waals surface area contributed by atoms with E-state index in [9.17, 15) is 0 Å². The fourth-order valence-corrected chi connectivity index (χ4v) is 10.6. The predicted molar refractivity (Wildman–Crippen MR) is 428 cm³/mol. The van der Waals surface area contributed by atoms with Crippen LogP contribution in [-0.2, 0) is 14.3 Å². The van der Waals surface area contributed by atoms with Crippen LogP contribution in [0.5, 0.6) is 0 Å². The molecule has 18 atom stereocenters. The molecule has 0 N–H and O–H groups in total. The predicted octanol–water partition coefficient (Wildman–Crippen LogP) is 27.9. The van der Waals surface area contributed by atoms with Crippen LogP contribution < -0.4 is 0 Å². The zero-order valence-corrected chi connectivity index (χ0v) is 72.3. The summed E-state index contributed by atoms with van der Waals surface area (Å²) in [5, 5.41) is 1.92. The molecule has 5 aliphatic heterocycles. The first-order valence-corrected chi connectivity index (χ1v) is 41.3. The first-order valence-electron chi connectivity index (χ1n) is 41.3. The molecule has 5 saturated carbocycles. The van der Waals surface area contributed by atoms with Gasteiger partial charge in [0.2, 0.25) is 0 Å². The number of ether oxygens (including phenoxy) is 2. The fourth-order valence-electron chi connectivity index (χ4n) is 10.6. The smallest absolute Gasteiger partial charge is 0.0726 e. The fraction of sp³-hybridized carbons (Fsp3) is 1.00. The number of nitrogens with zero attached hydrogens (tertiary/aromatic N) is 3. The van der Waals surface area contributed by atoms with Crippen LogP contribution in [0.2, 0.25) is 0 Å². The lowest BCUT2D eigenvalue weighted by Gasteiger charge is -2.26. The normalized spacial score (nSPS) is 32.1.